The number of hydrogen-bond acceptors (Lipinski definition) is 7. The summed E-state index contributed by atoms with van der Waals surface area (Å²) in [6, 6.07) is 14.8. The van der Waals surface area contributed by atoms with Gasteiger partial charge in [-0.05, 0) is 48.5 Å². The molecular weight excluding hydrogens is 427 g/mol. The summed E-state index contributed by atoms with van der Waals surface area (Å²) in [5, 5.41) is 3.05. The van der Waals surface area contributed by atoms with Gasteiger partial charge in [0.15, 0.2) is 17.3 Å². The lowest BCUT2D eigenvalue weighted by Crippen LogP contribution is -2.27. The fourth-order valence-electron chi connectivity index (χ4n) is 3.43. The van der Waals surface area contributed by atoms with E-state index in [0.29, 0.717) is 34.3 Å². The Balaban J connectivity index is 1.51. The predicted molar refractivity (Wildman–Crippen MR) is 118 cm³/mol. The Morgan fingerprint density at radius 1 is 1.12 bits per heavy atom. The highest BCUT2D eigenvalue weighted by Gasteiger charge is 2.21. The molecule has 0 radical (unpaired) electrons. The number of nitrogens with one attached hydrogen (secondary N) is 1. The molecule has 1 amide bonds. The Labute approximate surface area is 188 Å². The van der Waals surface area contributed by atoms with Crippen molar-refractivity contribution in [1.82, 2.24) is 14.9 Å². The number of hydrogen-bond donors (Lipinski definition) is 1. The molecule has 0 spiro atoms. The quantitative estimate of drug-likeness (QED) is 0.462. The monoisotopic (exact) mass is 446 g/mol. The van der Waals surface area contributed by atoms with Gasteiger partial charge in [0.05, 0.1) is 12.8 Å². The van der Waals surface area contributed by atoms with Gasteiger partial charge in [0.25, 0.3) is 5.91 Å². The lowest BCUT2D eigenvalue weighted by Gasteiger charge is -2.18. The van der Waals surface area contributed by atoms with E-state index in [4.69, 9.17) is 13.9 Å². The summed E-state index contributed by atoms with van der Waals surface area (Å²) in [7, 11) is 1.66. The molecule has 2 aromatic heterocycles. The maximum atomic E-state index is 13.8. The Morgan fingerprint density at radius 3 is 2.82 bits per heavy atom. The van der Waals surface area contributed by atoms with Crippen LogP contribution in [0.15, 0.2) is 71.5 Å². The third kappa shape index (κ3) is 4.33. The first-order valence-corrected chi connectivity index (χ1v) is 10.1. The van der Waals surface area contributed by atoms with Gasteiger partial charge in [-0.15, -0.1) is 0 Å². The van der Waals surface area contributed by atoms with Gasteiger partial charge in [0.1, 0.15) is 23.0 Å². The van der Waals surface area contributed by atoms with Gasteiger partial charge in [0.2, 0.25) is 6.79 Å². The molecule has 0 bridgehead atoms. The van der Waals surface area contributed by atoms with E-state index in [-0.39, 0.29) is 30.6 Å². The van der Waals surface area contributed by atoms with Crippen molar-refractivity contribution in [1.29, 1.82) is 0 Å². The van der Waals surface area contributed by atoms with Crippen LogP contribution in [-0.4, -0.2) is 34.6 Å². The van der Waals surface area contributed by atoms with Crippen LogP contribution in [0.2, 0.25) is 0 Å². The van der Waals surface area contributed by atoms with Gasteiger partial charge in [-0.1, -0.05) is 6.07 Å². The zero-order chi connectivity index (χ0) is 22.8. The highest BCUT2D eigenvalue weighted by Crippen LogP contribution is 2.35. The molecule has 4 aromatic rings. The number of rotatable bonds is 6. The summed E-state index contributed by atoms with van der Waals surface area (Å²) < 4.78 is 29.9. The zero-order valence-electron chi connectivity index (χ0n) is 17.6. The highest BCUT2D eigenvalue weighted by molar-refractivity contribution is 5.99. The van der Waals surface area contributed by atoms with Gasteiger partial charge in [0, 0.05) is 24.5 Å². The first-order chi connectivity index (χ1) is 16.1. The lowest BCUT2D eigenvalue weighted by molar-refractivity contribution is 0.0775. The van der Waals surface area contributed by atoms with E-state index in [1.54, 1.807) is 55.8 Å². The number of fused-ring (bicyclic) bond motifs is 1. The molecule has 0 saturated heterocycles. The van der Waals surface area contributed by atoms with Crippen molar-refractivity contribution in [2.45, 2.75) is 6.54 Å². The maximum Gasteiger partial charge on any atom is 0.259 e. The first-order valence-electron chi connectivity index (χ1n) is 10.1. The van der Waals surface area contributed by atoms with Gasteiger partial charge >= 0.3 is 0 Å². The van der Waals surface area contributed by atoms with Crippen molar-refractivity contribution >= 4 is 17.4 Å². The van der Waals surface area contributed by atoms with Crippen LogP contribution in [0, 0.1) is 5.82 Å². The Bertz CT molecular complexity index is 1310. The summed E-state index contributed by atoms with van der Waals surface area (Å²) in [4.78, 5) is 23.7. The zero-order valence-corrected chi connectivity index (χ0v) is 17.6. The Kier molecular flexibility index (Phi) is 5.35. The molecule has 8 nitrogen and oxygen atoms in total. The van der Waals surface area contributed by atoms with Crippen LogP contribution in [0.4, 0.5) is 15.9 Å². The smallest absolute Gasteiger partial charge is 0.259 e. The average molecular weight is 446 g/mol. The van der Waals surface area contributed by atoms with Gasteiger partial charge in [-0.3, -0.25) is 4.79 Å². The number of ether oxygens (including phenoxy) is 2. The molecule has 33 heavy (non-hydrogen) atoms. The van der Waals surface area contributed by atoms with Crippen molar-refractivity contribution < 1.29 is 23.1 Å². The standard InChI is InChI=1S/C24H19FN4O4/c1-29(13-18-6-3-9-31-18)24(30)19-12-26-22(15-7-8-20-21(10-15)33-14-32-20)28-23(19)27-17-5-2-4-16(25)11-17/h2-12H,13-14H2,1H3,(H,26,27,28). The molecule has 3 heterocycles. The normalized spacial score (nSPS) is 11.9. The Morgan fingerprint density at radius 2 is 2.00 bits per heavy atom. The lowest BCUT2D eigenvalue weighted by atomic mass is 10.1. The average Bonchev–Trinajstić information content (AvgIpc) is 3.50. The van der Waals surface area contributed by atoms with E-state index in [0.717, 1.165) is 0 Å². The minimum atomic E-state index is -0.409. The fourth-order valence-corrected chi connectivity index (χ4v) is 3.43. The molecule has 166 valence electrons. The second kappa shape index (κ2) is 8.62. The molecule has 2 aromatic carbocycles. The number of amides is 1. The minimum Gasteiger partial charge on any atom is -0.467 e. The summed E-state index contributed by atoms with van der Waals surface area (Å²) in [5.41, 5.74) is 1.37. The van der Waals surface area contributed by atoms with Crippen LogP contribution < -0.4 is 14.8 Å². The number of carbonyl (C=O) groups excluding carboxylic acids is 1. The molecule has 0 unspecified atom stereocenters. The van der Waals surface area contributed by atoms with E-state index in [1.165, 1.54) is 23.2 Å². The largest absolute Gasteiger partial charge is 0.467 e. The van der Waals surface area contributed by atoms with Crippen molar-refractivity contribution in [3.8, 4) is 22.9 Å². The number of aromatic nitrogens is 2. The van der Waals surface area contributed by atoms with Crippen molar-refractivity contribution in [3.05, 3.63) is 84.2 Å². The maximum absolute atomic E-state index is 13.8. The van der Waals surface area contributed by atoms with Gasteiger partial charge in [-0.2, -0.15) is 0 Å². The van der Waals surface area contributed by atoms with Gasteiger partial charge < -0.3 is 24.1 Å². The number of halogens is 1. The number of furan rings is 1. The molecule has 0 atom stereocenters. The summed E-state index contributed by atoms with van der Waals surface area (Å²) >= 11 is 0. The van der Waals surface area contributed by atoms with E-state index in [9.17, 15) is 9.18 Å². The summed E-state index contributed by atoms with van der Waals surface area (Å²) in [6.45, 7) is 0.427. The molecule has 0 aliphatic carbocycles. The van der Waals surface area contributed by atoms with Crippen LogP contribution in [0.1, 0.15) is 16.1 Å². The predicted octanol–water partition coefficient (Wildman–Crippen LogP) is 4.62. The van der Waals surface area contributed by atoms with E-state index >= 15 is 0 Å². The topological polar surface area (TPSA) is 89.7 Å². The molecule has 0 fully saturated rings. The summed E-state index contributed by atoms with van der Waals surface area (Å²) in [5.74, 6) is 1.77. The fraction of sp³-hybridized carbons (Fsp3) is 0.125. The molecule has 1 aliphatic rings. The third-order valence-corrected chi connectivity index (χ3v) is 5.06. The van der Waals surface area contributed by atoms with Crippen LogP contribution in [-0.2, 0) is 6.54 Å². The number of anilines is 2. The molecule has 1 aliphatic heterocycles. The van der Waals surface area contributed by atoms with Crippen molar-refractivity contribution in [2.75, 3.05) is 19.2 Å². The minimum absolute atomic E-state index is 0.154. The second-order valence-electron chi connectivity index (χ2n) is 7.40. The highest BCUT2D eigenvalue weighted by atomic mass is 19.1. The van der Waals surface area contributed by atoms with Crippen molar-refractivity contribution in [3.63, 3.8) is 0 Å². The number of nitrogens with zero attached hydrogens (tertiary/aromatic N) is 3. The van der Waals surface area contributed by atoms with E-state index in [2.05, 4.69) is 15.3 Å². The van der Waals surface area contributed by atoms with Crippen LogP contribution in [0.25, 0.3) is 11.4 Å². The molecule has 5 rings (SSSR count). The van der Waals surface area contributed by atoms with Crippen LogP contribution in [0.3, 0.4) is 0 Å². The number of carbonyl (C=O) groups is 1. The summed E-state index contributed by atoms with van der Waals surface area (Å²) in [6.07, 6.45) is 3.00. The first kappa shape index (κ1) is 20.5. The Hall–Kier alpha value is -4.40. The molecule has 0 saturated carbocycles. The molecule has 9 heteroatoms. The van der Waals surface area contributed by atoms with E-state index < -0.39 is 5.82 Å². The number of benzene rings is 2. The second-order valence-corrected chi connectivity index (χ2v) is 7.40. The van der Waals surface area contributed by atoms with Crippen LogP contribution in [0.5, 0.6) is 11.5 Å². The SMILES string of the molecule is CN(Cc1ccco1)C(=O)c1cnc(-c2ccc3c(c2)OCO3)nc1Nc1cccc(F)c1. The van der Waals surface area contributed by atoms with Gasteiger partial charge in [-0.25, -0.2) is 14.4 Å². The molecular formula is C24H19FN4O4. The van der Waals surface area contributed by atoms with Crippen LogP contribution >= 0.6 is 0 Å². The van der Waals surface area contributed by atoms with Crippen molar-refractivity contribution in [2.24, 2.45) is 0 Å². The molecule has 1 N–H and O–H groups in total. The van der Waals surface area contributed by atoms with E-state index in [1.807, 2.05) is 0 Å². The third-order valence-electron chi connectivity index (χ3n) is 5.06.